The van der Waals surface area contributed by atoms with Gasteiger partial charge in [0.05, 0.1) is 21.7 Å². The Bertz CT molecular complexity index is 1000. The van der Waals surface area contributed by atoms with Gasteiger partial charge in [-0.05, 0) is 29.8 Å². The van der Waals surface area contributed by atoms with Crippen molar-refractivity contribution in [2.24, 2.45) is 5.73 Å². The molecule has 1 heterocycles. The van der Waals surface area contributed by atoms with Gasteiger partial charge in [-0.15, -0.1) is 0 Å². The minimum absolute atomic E-state index is 0.0868. The highest BCUT2D eigenvalue weighted by Gasteiger charge is 2.43. The van der Waals surface area contributed by atoms with Crippen LogP contribution in [0.3, 0.4) is 0 Å². The largest absolute Gasteiger partial charge is 0.368 e. The van der Waals surface area contributed by atoms with Gasteiger partial charge in [0.1, 0.15) is 6.04 Å². The van der Waals surface area contributed by atoms with E-state index in [4.69, 9.17) is 17.3 Å². The number of benzene rings is 2. The van der Waals surface area contributed by atoms with Crippen LogP contribution in [0.1, 0.15) is 43.9 Å². The Hall–Kier alpha value is -3.59. The molecule has 0 radical (unpaired) electrons. The maximum Gasteiger partial charge on any atom is 0.293 e. The molecule has 0 saturated heterocycles. The zero-order valence-corrected chi connectivity index (χ0v) is 14.8. The van der Waals surface area contributed by atoms with Crippen molar-refractivity contribution in [3.63, 3.8) is 0 Å². The number of nitrogens with zero attached hydrogens (tertiary/aromatic N) is 2. The van der Waals surface area contributed by atoms with Gasteiger partial charge in [-0.25, -0.2) is 0 Å². The summed E-state index contributed by atoms with van der Waals surface area (Å²) in [5, 5.41) is 10.8. The number of nitrogens with two attached hydrogens (primary N) is 1. The van der Waals surface area contributed by atoms with Crippen LogP contribution in [-0.2, 0) is 9.59 Å². The van der Waals surface area contributed by atoms with E-state index in [1.54, 1.807) is 12.1 Å². The Morgan fingerprint density at radius 1 is 1.14 bits per heavy atom. The van der Waals surface area contributed by atoms with Gasteiger partial charge in [0.25, 0.3) is 17.9 Å². The predicted octanol–water partition coefficient (Wildman–Crippen LogP) is 1.68. The summed E-state index contributed by atoms with van der Waals surface area (Å²) in [6.07, 6.45) is 0.122. The number of fused-ring (bicyclic) bond motifs is 1. The molecule has 142 valence electrons. The fourth-order valence-corrected chi connectivity index (χ4v) is 3.37. The normalized spacial score (nSPS) is 15.1. The molecule has 9 nitrogen and oxygen atoms in total. The number of imide groups is 1. The van der Waals surface area contributed by atoms with Crippen LogP contribution in [0.15, 0.2) is 42.5 Å². The summed E-state index contributed by atoms with van der Waals surface area (Å²) in [5.41, 5.74) is 5.71. The molecule has 28 heavy (non-hydrogen) atoms. The average molecular weight is 402 g/mol. The minimum atomic E-state index is -1.69. The van der Waals surface area contributed by atoms with E-state index in [9.17, 15) is 29.3 Å². The third-order valence-electron chi connectivity index (χ3n) is 4.37. The third kappa shape index (κ3) is 3.01. The van der Waals surface area contributed by atoms with Crippen molar-refractivity contribution in [3.05, 3.63) is 79.9 Å². The fraction of sp³-hybridized carbons (Fsp3) is 0.111. The lowest BCUT2D eigenvalue weighted by Gasteiger charge is -2.24. The number of carbonyl (C=O) groups excluding carboxylic acids is 4. The van der Waals surface area contributed by atoms with E-state index in [0.29, 0.717) is 0 Å². The monoisotopic (exact) mass is 401 g/mol. The van der Waals surface area contributed by atoms with Gasteiger partial charge in [-0.1, -0.05) is 29.8 Å². The van der Waals surface area contributed by atoms with Crippen molar-refractivity contribution in [1.29, 1.82) is 0 Å². The second kappa shape index (κ2) is 7.20. The number of hydrogen-bond acceptors (Lipinski definition) is 6. The van der Waals surface area contributed by atoms with Crippen molar-refractivity contribution in [2.45, 2.75) is 12.1 Å². The molecular weight excluding hydrogens is 390 g/mol. The van der Waals surface area contributed by atoms with Crippen molar-refractivity contribution in [2.75, 3.05) is 0 Å². The van der Waals surface area contributed by atoms with Gasteiger partial charge >= 0.3 is 0 Å². The lowest BCUT2D eigenvalue weighted by atomic mass is 10.00. The molecule has 0 aromatic heterocycles. The number of carbonyl (C=O) groups is 4. The highest BCUT2D eigenvalue weighted by Crippen LogP contribution is 2.34. The molecule has 0 bridgehead atoms. The lowest BCUT2D eigenvalue weighted by Crippen LogP contribution is -2.41. The standard InChI is InChI=1S/C18H12ClN3O6/c19-13-7-9(5-6-12(13)14(8-23)22(27)28)15(16(20)24)21-17(25)10-3-1-2-4-11(10)18(21)26/h1-8,14-15H,(H2,20,24). The number of aldehydes is 1. The van der Waals surface area contributed by atoms with E-state index in [-0.39, 0.29) is 33.6 Å². The first-order chi connectivity index (χ1) is 13.3. The molecule has 0 spiro atoms. The van der Waals surface area contributed by atoms with E-state index in [2.05, 4.69) is 0 Å². The molecular formula is C18H12ClN3O6. The zero-order chi connectivity index (χ0) is 20.6. The molecule has 0 saturated carbocycles. The van der Waals surface area contributed by atoms with Crippen molar-refractivity contribution in [1.82, 2.24) is 4.90 Å². The summed E-state index contributed by atoms with van der Waals surface area (Å²) < 4.78 is 0. The van der Waals surface area contributed by atoms with Crippen LogP contribution in [0, 0.1) is 10.1 Å². The molecule has 1 aliphatic rings. The van der Waals surface area contributed by atoms with Crippen LogP contribution in [0.2, 0.25) is 5.02 Å². The summed E-state index contributed by atoms with van der Waals surface area (Å²) in [6, 6.07) is 6.54. The Kier molecular flexibility index (Phi) is 4.93. The molecule has 0 fully saturated rings. The first-order valence-corrected chi connectivity index (χ1v) is 8.30. The van der Waals surface area contributed by atoms with Crippen LogP contribution in [0.4, 0.5) is 0 Å². The molecule has 2 aromatic carbocycles. The summed E-state index contributed by atoms with van der Waals surface area (Å²) in [6.45, 7) is 0. The van der Waals surface area contributed by atoms with Crippen molar-refractivity contribution < 1.29 is 24.1 Å². The molecule has 2 atom stereocenters. The van der Waals surface area contributed by atoms with Gasteiger partial charge in [0, 0.05) is 4.92 Å². The number of amides is 3. The maximum absolute atomic E-state index is 12.7. The smallest absolute Gasteiger partial charge is 0.293 e. The number of hydrogen-bond donors (Lipinski definition) is 1. The van der Waals surface area contributed by atoms with Crippen LogP contribution in [-0.4, -0.2) is 33.8 Å². The van der Waals surface area contributed by atoms with Gasteiger partial charge < -0.3 is 5.73 Å². The van der Waals surface area contributed by atoms with E-state index in [1.165, 1.54) is 30.3 Å². The predicted molar refractivity (Wildman–Crippen MR) is 96.1 cm³/mol. The van der Waals surface area contributed by atoms with E-state index >= 15 is 0 Å². The summed E-state index contributed by atoms with van der Waals surface area (Å²) >= 11 is 6.06. The quantitative estimate of drug-likeness (QED) is 0.338. The van der Waals surface area contributed by atoms with Crippen LogP contribution in [0.25, 0.3) is 0 Å². The van der Waals surface area contributed by atoms with E-state index in [1.807, 2.05) is 0 Å². The summed E-state index contributed by atoms with van der Waals surface area (Å²) in [7, 11) is 0. The van der Waals surface area contributed by atoms with Gasteiger partial charge in [-0.3, -0.25) is 34.2 Å². The van der Waals surface area contributed by atoms with Crippen LogP contribution >= 0.6 is 11.6 Å². The second-order valence-corrected chi connectivity index (χ2v) is 6.39. The molecule has 10 heteroatoms. The highest BCUT2D eigenvalue weighted by molar-refractivity contribution is 6.31. The highest BCUT2D eigenvalue weighted by atomic mass is 35.5. The SMILES string of the molecule is NC(=O)C(c1ccc(C(C=O)[N+](=O)[O-])c(Cl)c1)N1C(=O)c2ccccc2C1=O. The van der Waals surface area contributed by atoms with E-state index in [0.717, 1.165) is 4.90 Å². The van der Waals surface area contributed by atoms with Crippen molar-refractivity contribution >= 4 is 35.6 Å². The molecule has 1 aliphatic heterocycles. The fourth-order valence-electron chi connectivity index (χ4n) is 3.07. The Labute approximate surface area is 162 Å². The Morgan fingerprint density at radius 3 is 2.14 bits per heavy atom. The van der Waals surface area contributed by atoms with Gasteiger partial charge in [0.15, 0.2) is 6.29 Å². The summed E-state index contributed by atoms with van der Waals surface area (Å²) in [4.78, 5) is 59.3. The molecule has 0 aliphatic carbocycles. The van der Waals surface area contributed by atoms with Gasteiger partial charge in [0.2, 0.25) is 5.91 Å². The molecule has 2 unspecified atom stereocenters. The molecule has 3 amide bonds. The molecule has 3 rings (SSSR count). The molecule has 2 N–H and O–H groups in total. The number of primary amides is 1. The number of halogens is 1. The maximum atomic E-state index is 12.7. The summed E-state index contributed by atoms with van der Waals surface area (Å²) in [5.74, 6) is -2.37. The topological polar surface area (TPSA) is 141 Å². The third-order valence-corrected chi connectivity index (χ3v) is 4.70. The average Bonchev–Trinajstić information content (AvgIpc) is 2.89. The van der Waals surface area contributed by atoms with E-state index < -0.39 is 34.7 Å². The minimum Gasteiger partial charge on any atom is -0.368 e. The Balaban J connectivity index is 2.05. The first kappa shape index (κ1) is 19.2. The first-order valence-electron chi connectivity index (χ1n) is 7.92. The number of nitro groups is 1. The van der Waals surface area contributed by atoms with Crippen LogP contribution < -0.4 is 5.73 Å². The number of rotatable bonds is 6. The lowest BCUT2D eigenvalue weighted by molar-refractivity contribution is -0.511. The second-order valence-electron chi connectivity index (χ2n) is 5.98. The zero-order valence-electron chi connectivity index (χ0n) is 14.1. The molecule has 2 aromatic rings. The Morgan fingerprint density at radius 2 is 1.71 bits per heavy atom. The van der Waals surface area contributed by atoms with Gasteiger partial charge in [-0.2, -0.15) is 0 Å². The van der Waals surface area contributed by atoms with Crippen molar-refractivity contribution in [3.8, 4) is 0 Å². The van der Waals surface area contributed by atoms with Crippen LogP contribution in [0.5, 0.6) is 0 Å².